The first-order valence-electron chi connectivity index (χ1n) is 7.08. The van der Waals surface area contributed by atoms with Crippen molar-refractivity contribution >= 4 is 15.9 Å². The summed E-state index contributed by atoms with van der Waals surface area (Å²) in [5.41, 5.74) is 7.13. The molecule has 0 spiro atoms. The van der Waals surface area contributed by atoms with Crippen molar-refractivity contribution < 1.29 is 14.2 Å². The van der Waals surface area contributed by atoms with Gasteiger partial charge in [-0.05, 0) is 28.8 Å². The number of methoxy groups -OCH3 is 1. The van der Waals surface area contributed by atoms with Crippen LogP contribution in [0, 0.1) is 0 Å². The van der Waals surface area contributed by atoms with E-state index >= 15 is 0 Å². The van der Waals surface area contributed by atoms with E-state index in [-0.39, 0.29) is 5.41 Å². The summed E-state index contributed by atoms with van der Waals surface area (Å²) in [5.74, 6) is 2.46. The molecule has 110 valence electrons. The Bertz CT molecular complexity index is 509. The van der Waals surface area contributed by atoms with Crippen molar-refractivity contribution in [3.05, 3.63) is 16.1 Å². The van der Waals surface area contributed by atoms with E-state index < -0.39 is 0 Å². The molecule has 1 aromatic carbocycles. The predicted molar refractivity (Wildman–Crippen MR) is 80.9 cm³/mol. The Kier molecular flexibility index (Phi) is 3.82. The van der Waals surface area contributed by atoms with E-state index in [1.54, 1.807) is 7.11 Å². The average Bonchev–Trinajstić information content (AvgIpc) is 2.63. The maximum atomic E-state index is 6.08. The molecule has 0 saturated heterocycles. The van der Waals surface area contributed by atoms with Gasteiger partial charge in [-0.3, -0.25) is 0 Å². The second-order valence-corrected chi connectivity index (χ2v) is 6.34. The van der Waals surface area contributed by atoms with Crippen molar-refractivity contribution in [3.8, 4) is 17.2 Å². The molecule has 0 aromatic heterocycles. The third-order valence-electron chi connectivity index (χ3n) is 4.38. The zero-order valence-corrected chi connectivity index (χ0v) is 13.3. The number of fused-ring (bicyclic) bond motifs is 1. The minimum Gasteiger partial charge on any atom is -0.495 e. The number of rotatable bonds is 3. The van der Waals surface area contributed by atoms with Crippen LogP contribution < -0.4 is 19.9 Å². The van der Waals surface area contributed by atoms with Gasteiger partial charge in [0.25, 0.3) is 0 Å². The molecule has 0 atom stereocenters. The monoisotopic (exact) mass is 341 g/mol. The van der Waals surface area contributed by atoms with Crippen molar-refractivity contribution in [3.63, 3.8) is 0 Å². The second kappa shape index (κ2) is 5.45. The molecule has 0 radical (unpaired) electrons. The topological polar surface area (TPSA) is 53.7 Å². The van der Waals surface area contributed by atoms with Crippen LogP contribution in [0.5, 0.6) is 17.2 Å². The highest BCUT2D eigenvalue weighted by Gasteiger charge is 2.43. The summed E-state index contributed by atoms with van der Waals surface area (Å²) in [6.45, 7) is 1.96. The molecule has 1 saturated carbocycles. The second-order valence-electron chi connectivity index (χ2n) is 5.48. The number of benzene rings is 1. The molecule has 1 aliphatic carbocycles. The van der Waals surface area contributed by atoms with Gasteiger partial charge in [0.05, 0.1) is 24.8 Å². The zero-order chi connectivity index (χ0) is 14.2. The fourth-order valence-corrected chi connectivity index (χ4v) is 3.67. The molecule has 4 nitrogen and oxygen atoms in total. The van der Waals surface area contributed by atoms with Crippen LogP contribution in [0.15, 0.2) is 10.5 Å². The minimum atomic E-state index is -0.0348. The van der Waals surface area contributed by atoms with E-state index in [1.165, 1.54) is 6.42 Å². The Balaban J connectivity index is 2.21. The Morgan fingerprint density at radius 2 is 2.05 bits per heavy atom. The van der Waals surface area contributed by atoms with Gasteiger partial charge in [-0.1, -0.05) is 6.42 Å². The molecule has 2 N–H and O–H groups in total. The largest absolute Gasteiger partial charge is 0.495 e. The van der Waals surface area contributed by atoms with Gasteiger partial charge in [0.1, 0.15) is 5.75 Å². The highest BCUT2D eigenvalue weighted by molar-refractivity contribution is 9.10. The van der Waals surface area contributed by atoms with Crippen molar-refractivity contribution in [2.24, 2.45) is 5.73 Å². The number of ether oxygens (including phenoxy) is 3. The molecule has 20 heavy (non-hydrogen) atoms. The van der Waals surface area contributed by atoms with Gasteiger partial charge < -0.3 is 19.9 Å². The fraction of sp³-hybridized carbons (Fsp3) is 0.600. The smallest absolute Gasteiger partial charge is 0.168 e. The van der Waals surface area contributed by atoms with Gasteiger partial charge in [-0.25, -0.2) is 0 Å². The van der Waals surface area contributed by atoms with E-state index in [2.05, 4.69) is 15.9 Å². The van der Waals surface area contributed by atoms with E-state index in [9.17, 15) is 0 Å². The lowest BCUT2D eigenvalue weighted by Crippen LogP contribution is -2.42. The van der Waals surface area contributed by atoms with Gasteiger partial charge >= 0.3 is 0 Å². The lowest BCUT2D eigenvalue weighted by molar-refractivity contribution is 0.226. The summed E-state index contributed by atoms with van der Waals surface area (Å²) < 4.78 is 18.3. The number of hydrogen-bond acceptors (Lipinski definition) is 4. The average molecular weight is 342 g/mol. The first-order valence-corrected chi connectivity index (χ1v) is 7.88. The van der Waals surface area contributed by atoms with Crippen LogP contribution in [-0.2, 0) is 5.41 Å². The van der Waals surface area contributed by atoms with Gasteiger partial charge in [0.2, 0.25) is 0 Å². The van der Waals surface area contributed by atoms with Crippen LogP contribution >= 0.6 is 15.9 Å². The summed E-state index contributed by atoms with van der Waals surface area (Å²) >= 11 is 3.59. The summed E-state index contributed by atoms with van der Waals surface area (Å²) in [7, 11) is 1.69. The van der Waals surface area contributed by atoms with Gasteiger partial charge in [-0.2, -0.15) is 0 Å². The Labute approximate surface area is 127 Å². The third kappa shape index (κ3) is 2.07. The van der Waals surface area contributed by atoms with Crippen molar-refractivity contribution in [1.29, 1.82) is 0 Å². The van der Waals surface area contributed by atoms with Crippen molar-refractivity contribution in [2.75, 3.05) is 26.9 Å². The van der Waals surface area contributed by atoms with Crippen LogP contribution in [-0.4, -0.2) is 26.9 Å². The quantitative estimate of drug-likeness (QED) is 0.918. The summed E-state index contributed by atoms with van der Waals surface area (Å²) in [6.07, 6.45) is 4.24. The third-order valence-corrected chi connectivity index (χ3v) is 4.97. The number of hydrogen-bond donors (Lipinski definition) is 1. The maximum Gasteiger partial charge on any atom is 0.168 e. The maximum absolute atomic E-state index is 6.08. The first kappa shape index (κ1) is 14.0. The van der Waals surface area contributed by atoms with Gasteiger partial charge in [0.15, 0.2) is 11.5 Å². The molecule has 1 aromatic rings. The molecule has 1 aliphatic heterocycles. The SMILES string of the molecule is COc1c(Br)cc2c(c1C1(CN)CCC1)OCCCO2. The molecule has 0 unspecified atom stereocenters. The van der Waals surface area contributed by atoms with Gasteiger partial charge in [-0.15, -0.1) is 0 Å². The van der Waals surface area contributed by atoms with Crippen molar-refractivity contribution in [2.45, 2.75) is 31.1 Å². The molecule has 0 amide bonds. The van der Waals surface area contributed by atoms with Crippen LogP contribution in [0.1, 0.15) is 31.2 Å². The van der Waals surface area contributed by atoms with Crippen molar-refractivity contribution in [1.82, 2.24) is 0 Å². The lowest BCUT2D eigenvalue weighted by atomic mass is 9.64. The first-order chi connectivity index (χ1) is 9.72. The summed E-state index contributed by atoms with van der Waals surface area (Å²) in [6, 6.07) is 1.94. The molecular formula is C15H20BrNO3. The molecule has 2 aliphatic rings. The van der Waals surface area contributed by atoms with Crippen LogP contribution in [0.4, 0.5) is 0 Å². The Hall–Kier alpha value is -0.940. The zero-order valence-electron chi connectivity index (χ0n) is 11.7. The number of halogens is 1. The molecular weight excluding hydrogens is 322 g/mol. The van der Waals surface area contributed by atoms with E-state index in [0.717, 1.165) is 46.5 Å². The predicted octanol–water partition coefficient (Wildman–Crippen LogP) is 3.00. The number of nitrogens with two attached hydrogens (primary N) is 1. The van der Waals surface area contributed by atoms with E-state index in [4.69, 9.17) is 19.9 Å². The Morgan fingerprint density at radius 3 is 2.65 bits per heavy atom. The van der Waals surface area contributed by atoms with E-state index in [1.807, 2.05) is 6.07 Å². The molecule has 3 rings (SSSR count). The molecule has 5 heteroatoms. The lowest BCUT2D eigenvalue weighted by Gasteiger charge is -2.43. The van der Waals surface area contributed by atoms with Crippen LogP contribution in [0.25, 0.3) is 0 Å². The summed E-state index contributed by atoms with van der Waals surface area (Å²) in [4.78, 5) is 0. The molecule has 0 bridgehead atoms. The highest BCUT2D eigenvalue weighted by Crippen LogP contribution is 2.55. The minimum absolute atomic E-state index is 0.0348. The normalized spacial score (nSPS) is 19.9. The summed E-state index contributed by atoms with van der Waals surface area (Å²) in [5, 5.41) is 0. The van der Waals surface area contributed by atoms with Gasteiger partial charge in [0, 0.05) is 30.0 Å². The molecule has 1 heterocycles. The van der Waals surface area contributed by atoms with E-state index in [0.29, 0.717) is 19.8 Å². The van der Waals surface area contributed by atoms with Crippen LogP contribution in [0.2, 0.25) is 0 Å². The highest BCUT2D eigenvalue weighted by atomic mass is 79.9. The standard InChI is InChI=1S/C15H20BrNO3/c1-18-13-10(16)8-11-14(20-7-3-6-19-11)12(13)15(9-17)4-2-5-15/h8H,2-7,9,17H2,1H3. The Morgan fingerprint density at radius 1 is 1.30 bits per heavy atom. The fourth-order valence-electron chi connectivity index (χ4n) is 3.10. The van der Waals surface area contributed by atoms with Crippen LogP contribution in [0.3, 0.4) is 0 Å². The molecule has 1 fully saturated rings.